The van der Waals surface area contributed by atoms with Gasteiger partial charge >= 0.3 is 5.76 Å². The lowest BCUT2D eigenvalue weighted by Gasteiger charge is -2.22. The highest BCUT2D eigenvalue weighted by Crippen LogP contribution is 2.21. The van der Waals surface area contributed by atoms with E-state index in [1.807, 2.05) is 0 Å². The van der Waals surface area contributed by atoms with Crippen LogP contribution in [0.25, 0.3) is 0 Å². The summed E-state index contributed by atoms with van der Waals surface area (Å²) in [5, 5.41) is 3.18. The Bertz CT molecular complexity index is 525. The van der Waals surface area contributed by atoms with E-state index in [-0.39, 0.29) is 4.90 Å². The monoisotopic (exact) mass is 305 g/mol. The summed E-state index contributed by atoms with van der Waals surface area (Å²) in [7, 11) is -4.51. The Morgan fingerprint density at radius 2 is 1.80 bits per heavy atom. The van der Waals surface area contributed by atoms with Gasteiger partial charge in [0.25, 0.3) is 0 Å². The second kappa shape index (κ2) is 6.49. The Kier molecular flexibility index (Phi) is 4.93. The molecule has 7 heteroatoms. The molecule has 1 fully saturated rings. The van der Waals surface area contributed by atoms with E-state index in [4.69, 9.17) is 4.74 Å². The van der Waals surface area contributed by atoms with Gasteiger partial charge in [0.15, 0.2) is 0 Å². The van der Waals surface area contributed by atoms with Crippen molar-refractivity contribution in [2.45, 2.75) is 23.5 Å². The Balaban J connectivity index is 1.94. The summed E-state index contributed by atoms with van der Waals surface area (Å²) >= 11 is 0. The molecule has 0 radical (unpaired) electrons. The minimum Gasteiger partial charge on any atom is -0.385 e. The third-order valence-electron chi connectivity index (χ3n) is 3.35. The third kappa shape index (κ3) is 3.67. The number of ether oxygens (including phenoxy) is 1. The first-order valence-electron chi connectivity index (χ1n) is 6.44. The van der Waals surface area contributed by atoms with Crippen molar-refractivity contribution < 1.29 is 21.9 Å². The third-order valence-corrected chi connectivity index (χ3v) is 4.75. The van der Waals surface area contributed by atoms with Crippen molar-refractivity contribution in [3.05, 3.63) is 24.3 Å². The predicted octanol–water partition coefficient (Wildman–Crippen LogP) is 2.52. The SMILES string of the molecule is O=S(=O)(c1ccc(NCC2CCOCC2)cc1)C(F)F. The topological polar surface area (TPSA) is 55.4 Å². The summed E-state index contributed by atoms with van der Waals surface area (Å²) in [5.41, 5.74) is 0.727. The summed E-state index contributed by atoms with van der Waals surface area (Å²) in [4.78, 5) is -0.357. The van der Waals surface area contributed by atoms with E-state index < -0.39 is 15.6 Å². The lowest BCUT2D eigenvalue weighted by atomic mass is 10.0. The standard InChI is InChI=1S/C13H17F2NO3S/c14-13(15)20(17,18)12-3-1-11(2-4-12)16-9-10-5-7-19-8-6-10/h1-4,10,13,16H,5-9H2. The van der Waals surface area contributed by atoms with Gasteiger partial charge in [-0.1, -0.05) is 0 Å². The van der Waals surface area contributed by atoms with Gasteiger partial charge in [0.2, 0.25) is 9.84 Å². The fraction of sp³-hybridized carbons (Fsp3) is 0.538. The van der Waals surface area contributed by atoms with Gasteiger partial charge in [-0.25, -0.2) is 8.42 Å². The summed E-state index contributed by atoms with van der Waals surface area (Å²) < 4.78 is 52.5. The molecule has 112 valence electrons. The molecule has 4 nitrogen and oxygen atoms in total. The smallest absolute Gasteiger partial charge is 0.341 e. The minimum atomic E-state index is -4.51. The number of anilines is 1. The lowest BCUT2D eigenvalue weighted by Crippen LogP contribution is -2.22. The molecule has 0 aliphatic carbocycles. The molecule has 1 saturated heterocycles. The van der Waals surface area contributed by atoms with Crippen molar-refractivity contribution in [2.24, 2.45) is 5.92 Å². The van der Waals surface area contributed by atoms with Gasteiger partial charge in [0.05, 0.1) is 4.90 Å². The molecule has 0 bridgehead atoms. The van der Waals surface area contributed by atoms with E-state index in [9.17, 15) is 17.2 Å². The van der Waals surface area contributed by atoms with Crippen molar-refractivity contribution in [3.8, 4) is 0 Å². The molecule has 1 aliphatic heterocycles. The fourth-order valence-corrected chi connectivity index (χ4v) is 2.80. The molecule has 1 N–H and O–H groups in total. The van der Waals surface area contributed by atoms with E-state index in [1.54, 1.807) is 0 Å². The van der Waals surface area contributed by atoms with Crippen LogP contribution in [0.4, 0.5) is 14.5 Å². The van der Waals surface area contributed by atoms with Gasteiger partial charge in [-0.2, -0.15) is 8.78 Å². The normalized spacial score (nSPS) is 17.4. The highest BCUT2D eigenvalue weighted by Gasteiger charge is 2.26. The van der Waals surface area contributed by atoms with Crippen LogP contribution in [0.3, 0.4) is 0 Å². The summed E-state index contributed by atoms with van der Waals surface area (Å²) in [6, 6.07) is 5.42. The zero-order valence-corrected chi connectivity index (χ0v) is 11.7. The van der Waals surface area contributed by atoms with Crippen LogP contribution in [0, 0.1) is 5.92 Å². The molecule has 2 rings (SSSR count). The zero-order chi connectivity index (χ0) is 14.6. The molecule has 0 unspecified atom stereocenters. The second-order valence-corrected chi connectivity index (χ2v) is 6.68. The quantitative estimate of drug-likeness (QED) is 0.908. The molecule has 1 aromatic carbocycles. The number of hydrogen-bond acceptors (Lipinski definition) is 4. The van der Waals surface area contributed by atoms with Crippen LogP contribution < -0.4 is 5.32 Å². The summed E-state index contributed by atoms with van der Waals surface area (Å²) in [6.07, 6.45) is 1.98. The van der Waals surface area contributed by atoms with Crippen LogP contribution in [-0.2, 0) is 14.6 Å². The first-order valence-corrected chi connectivity index (χ1v) is 7.98. The molecule has 20 heavy (non-hydrogen) atoms. The van der Waals surface area contributed by atoms with Crippen molar-refractivity contribution >= 4 is 15.5 Å². The zero-order valence-electron chi connectivity index (χ0n) is 10.9. The maximum absolute atomic E-state index is 12.4. The van der Waals surface area contributed by atoms with Crippen LogP contribution in [0.2, 0.25) is 0 Å². The number of nitrogens with one attached hydrogen (secondary N) is 1. The van der Waals surface area contributed by atoms with E-state index in [0.29, 0.717) is 5.92 Å². The minimum absolute atomic E-state index is 0.357. The van der Waals surface area contributed by atoms with E-state index >= 15 is 0 Å². The van der Waals surface area contributed by atoms with Crippen molar-refractivity contribution in [1.82, 2.24) is 0 Å². The lowest BCUT2D eigenvalue weighted by molar-refractivity contribution is 0.0699. The van der Waals surface area contributed by atoms with Crippen LogP contribution in [0.15, 0.2) is 29.2 Å². The number of benzene rings is 1. The maximum Gasteiger partial charge on any atom is 0.341 e. The van der Waals surface area contributed by atoms with Crippen LogP contribution in [0.1, 0.15) is 12.8 Å². The van der Waals surface area contributed by atoms with Gasteiger partial charge in [0.1, 0.15) is 0 Å². The van der Waals surface area contributed by atoms with Crippen LogP contribution in [0.5, 0.6) is 0 Å². The molecule has 0 aromatic heterocycles. The Labute approximate surface area is 117 Å². The van der Waals surface area contributed by atoms with Crippen LogP contribution >= 0.6 is 0 Å². The first-order chi connectivity index (χ1) is 9.50. The number of hydrogen-bond donors (Lipinski definition) is 1. The largest absolute Gasteiger partial charge is 0.385 e. The molecule has 0 spiro atoms. The number of alkyl halides is 2. The molecule has 0 atom stereocenters. The van der Waals surface area contributed by atoms with E-state index in [2.05, 4.69) is 5.32 Å². The predicted molar refractivity (Wildman–Crippen MR) is 71.7 cm³/mol. The molecule has 1 aliphatic rings. The van der Waals surface area contributed by atoms with Gasteiger partial charge in [-0.05, 0) is 43.0 Å². The molecular formula is C13H17F2NO3S. The molecule has 0 saturated carbocycles. The summed E-state index contributed by atoms with van der Waals surface area (Å²) in [6.45, 7) is 2.29. The van der Waals surface area contributed by atoms with Crippen molar-refractivity contribution in [1.29, 1.82) is 0 Å². The van der Waals surface area contributed by atoms with Gasteiger partial charge in [-0.3, -0.25) is 0 Å². The second-order valence-electron chi connectivity index (χ2n) is 4.77. The Hall–Kier alpha value is -1.21. The van der Waals surface area contributed by atoms with Crippen molar-refractivity contribution in [2.75, 3.05) is 25.1 Å². The summed E-state index contributed by atoms with van der Waals surface area (Å²) in [5.74, 6) is -2.86. The van der Waals surface area contributed by atoms with Crippen molar-refractivity contribution in [3.63, 3.8) is 0 Å². The van der Waals surface area contributed by atoms with Crippen LogP contribution in [-0.4, -0.2) is 33.9 Å². The van der Waals surface area contributed by atoms with E-state index in [0.717, 1.165) is 38.3 Å². The number of halogens is 2. The molecule has 0 amide bonds. The Morgan fingerprint density at radius 3 is 2.35 bits per heavy atom. The Morgan fingerprint density at radius 1 is 1.20 bits per heavy atom. The van der Waals surface area contributed by atoms with E-state index in [1.165, 1.54) is 24.3 Å². The highest BCUT2D eigenvalue weighted by molar-refractivity contribution is 7.91. The number of rotatable bonds is 5. The molecule has 1 heterocycles. The first kappa shape index (κ1) is 15.2. The highest BCUT2D eigenvalue weighted by atomic mass is 32.2. The maximum atomic E-state index is 12.4. The molecule has 1 aromatic rings. The molecular weight excluding hydrogens is 288 g/mol. The average molecular weight is 305 g/mol. The average Bonchev–Trinajstić information content (AvgIpc) is 2.46. The fourth-order valence-electron chi connectivity index (χ4n) is 2.08. The number of sulfone groups is 1. The van der Waals surface area contributed by atoms with Gasteiger partial charge in [-0.15, -0.1) is 0 Å². The van der Waals surface area contributed by atoms with Gasteiger partial charge < -0.3 is 10.1 Å². The van der Waals surface area contributed by atoms with Gasteiger partial charge in [0, 0.05) is 25.4 Å².